The van der Waals surface area contributed by atoms with Crippen molar-refractivity contribution in [2.75, 3.05) is 26.3 Å². The molecule has 22 heavy (non-hydrogen) atoms. The van der Waals surface area contributed by atoms with Gasteiger partial charge in [0.15, 0.2) is 0 Å². The van der Waals surface area contributed by atoms with Crippen LogP contribution in [0.2, 0.25) is 0 Å². The van der Waals surface area contributed by atoms with Gasteiger partial charge in [0.25, 0.3) is 0 Å². The van der Waals surface area contributed by atoms with Crippen LogP contribution in [0.4, 0.5) is 0 Å². The normalized spacial score (nSPS) is 26.3. The van der Waals surface area contributed by atoms with Crippen molar-refractivity contribution in [3.8, 4) is 5.75 Å². The summed E-state index contributed by atoms with van der Waals surface area (Å²) in [6.45, 7) is -11.8. The van der Waals surface area contributed by atoms with Gasteiger partial charge < -0.3 is 19.9 Å². The third kappa shape index (κ3) is 7.25. The molecule has 4 nitrogen and oxygen atoms in total. The topological polar surface area (TPSA) is 50.7 Å². The highest BCUT2D eigenvalue weighted by molar-refractivity contribution is 5.27. The Labute approximate surface area is 149 Å². The first-order valence-corrected chi connectivity index (χ1v) is 7.22. The van der Waals surface area contributed by atoms with Crippen molar-refractivity contribution in [1.82, 2.24) is 5.32 Å². The highest BCUT2D eigenvalue weighted by atomic mass is 16.5. The molecule has 2 N–H and O–H groups in total. The van der Waals surface area contributed by atoms with Gasteiger partial charge in [-0.2, -0.15) is 0 Å². The van der Waals surface area contributed by atoms with Gasteiger partial charge in [-0.25, -0.2) is 0 Å². The third-order valence-electron chi connectivity index (χ3n) is 3.02. The molecular formula is C18H29NO3. The maximum atomic E-state index is 10.2. The summed E-state index contributed by atoms with van der Waals surface area (Å²) >= 11 is 0. The Hall–Kier alpha value is -1.10. The summed E-state index contributed by atoms with van der Waals surface area (Å²) in [7, 11) is 0. The number of rotatable bonds is 11. The van der Waals surface area contributed by atoms with Crippen LogP contribution in [0.3, 0.4) is 0 Å². The molecule has 4 heteroatoms. The number of hydrogen-bond acceptors (Lipinski definition) is 4. The number of ether oxygens (including phenoxy) is 2. The van der Waals surface area contributed by atoms with E-state index in [1.807, 2.05) is 0 Å². The Bertz CT molecular complexity index is 762. The molecule has 1 aromatic rings. The number of hydrogen-bond donors (Lipinski definition) is 2. The lowest BCUT2D eigenvalue weighted by Gasteiger charge is -2.15. The summed E-state index contributed by atoms with van der Waals surface area (Å²) in [5.41, 5.74) is 0.848. The first-order valence-electron chi connectivity index (χ1n) is 12.7. The second kappa shape index (κ2) is 9.13. The van der Waals surface area contributed by atoms with E-state index in [9.17, 15) is 5.11 Å². The van der Waals surface area contributed by atoms with Crippen molar-refractivity contribution >= 4 is 0 Å². The van der Waals surface area contributed by atoms with Crippen molar-refractivity contribution < 1.29 is 29.7 Å². The molecule has 1 fully saturated rings. The summed E-state index contributed by atoms with van der Waals surface area (Å²) in [6, 6.07) is 3.16. The molecule has 0 aromatic heterocycles. The van der Waals surface area contributed by atoms with E-state index >= 15 is 0 Å². The molecule has 0 bridgehead atoms. The van der Waals surface area contributed by atoms with Crippen LogP contribution in [0, 0.1) is 5.92 Å². The van der Waals surface area contributed by atoms with Gasteiger partial charge in [-0.15, -0.1) is 0 Å². The Morgan fingerprint density at radius 2 is 2.18 bits per heavy atom. The number of aliphatic hydroxyl groups excluding tert-OH is 1. The Morgan fingerprint density at radius 1 is 1.41 bits per heavy atom. The lowest BCUT2D eigenvalue weighted by Crippen LogP contribution is -2.35. The average Bonchev–Trinajstić information content (AvgIpc) is 3.50. The van der Waals surface area contributed by atoms with E-state index in [2.05, 4.69) is 0 Å². The molecule has 1 aliphatic carbocycles. The lowest BCUT2D eigenvalue weighted by molar-refractivity contribution is 0.104. The zero-order chi connectivity index (χ0) is 25.3. The van der Waals surface area contributed by atoms with Gasteiger partial charge in [0.2, 0.25) is 0 Å². The van der Waals surface area contributed by atoms with Gasteiger partial charge in [-0.1, -0.05) is 25.8 Å². The Kier molecular flexibility index (Phi) is 3.17. The van der Waals surface area contributed by atoms with Crippen LogP contribution in [0.5, 0.6) is 5.75 Å². The van der Waals surface area contributed by atoms with Gasteiger partial charge >= 0.3 is 0 Å². The van der Waals surface area contributed by atoms with E-state index in [1.54, 1.807) is 29.6 Å². The van der Waals surface area contributed by atoms with Crippen LogP contribution in [-0.2, 0) is 11.2 Å². The minimum Gasteiger partial charge on any atom is -0.491 e. The molecular weight excluding hydrogens is 278 g/mol. The maximum Gasteiger partial charge on any atom is 0.119 e. The minimum atomic E-state index is -3.40. The number of aliphatic hydroxyl groups is 1. The number of benzene rings is 1. The average molecular weight is 319 g/mol. The standard InChI is InChI=1S/C18H29NO3/c1-14(2)19-11-17(20)13-22-18-7-5-15(6-8-18)9-10-21-12-16-3-4-16/h5-8,14,16-17,19-20H,3-4,9-13H2,1-2H3/i1D3,2D3,11D2,12D2,14D. The molecule has 0 aliphatic heterocycles. The van der Waals surface area contributed by atoms with E-state index in [-0.39, 0.29) is 18.3 Å². The van der Waals surface area contributed by atoms with E-state index in [0.29, 0.717) is 6.42 Å². The van der Waals surface area contributed by atoms with Crippen LogP contribution in [0.25, 0.3) is 0 Å². The van der Waals surface area contributed by atoms with Crippen LogP contribution in [0.1, 0.15) is 47.2 Å². The van der Waals surface area contributed by atoms with E-state index < -0.39 is 45.5 Å². The SMILES string of the molecule is [2H]C([2H])(NC([2H])(C([2H])([2H])[2H])C([2H])([2H])[2H])C(O)COc1ccc(CCOC([2H])([2H])C2CC2)cc1. The van der Waals surface area contributed by atoms with Crippen LogP contribution in [0.15, 0.2) is 24.3 Å². The van der Waals surface area contributed by atoms with Gasteiger partial charge in [-0.05, 0) is 42.9 Å². The van der Waals surface area contributed by atoms with Gasteiger partial charge in [0.1, 0.15) is 18.5 Å². The Balaban J connectivity index is 1.90. The van der Waals surface area contributed by atoms with Crippen LogP contribution in [-0.4, -0.2) is 43.5 Å². The quantitative estimate of drug-likeness (QED) is 0.658. The van der Waals surface area contributed by atoms with Crippen molar-refractivity contribution in [1.29, 1.82) is 0 Å². The second-order valence-electron chi connectivity index (χ2n) is 5.11. The summed E-state index contributed by atoms with van der Waals surface area (Å²) in [5, 5.41) is 11.8. The monoisotopic (exact) mass is 318 g/mol. The summed E-state index contributed by atoms with van der Waals surface area (Å²) in [6.07, 6.45) is 0.142. The molecule has 0 saturated heterocycles. The first kappa shape index (κ1) is 7.65. The highest BCUT2D eigenvalue weighted by Crippen LogP contribution is 2.28. The molecule has 0 radical (unpaired) electrons. The largest absolute Gasteiger partial charge is 0.491 e. The fourth-order valence-corrected chi connectivity index (χ4v) is 1.67. The summed E-state index contributed by atoms with van der Waals surface area (Å²) < 4.78 is 93.9. The smallest absolute Gasteiger partial charge is 0.119 e. The van der Waals surface area contributed by atoms with Crippen LogP contribution >= 0.6 is 0 Å². The van der Waals surface area contributed by atoms with Crippen molar-refractivity contribution in [3.05, 3.63) is 29.8 Å². The zero-order valence-electron chi connectivity index (χ0n) is 23.3. The van der Waals surface area contributed by atoms with Gasteiger partial charge in [-0.3, -0.25) is 0 Å². The predicted octanol–water partition coefficient (Wildman–Crippen LogP) is 2.39. The second-order valence-corrected chi connectivity index (χ2v) is 5.11. The van der Waals surface area contributed by atoms with Crippen molar-refractivity contribution in [3.63, 3.8) is 0 Å². The lowest BCUT2D eigenvalue weighted by atomic mass is 10.1. The third-order valence-corrected chi connectivity index (χ3v) is 3.02. The molecule has 0 amide bonds. The first-order chi connectivity index (χ1) is 14.9. The zero-order valence-corrected chi connectivity index (χ0v) is 12.3. The summed E-state index contributed by atoms with van der Waals surface area (Å²) in [4.78, 5) is 0. The molecule has 1 unspecified atom stereocenters. The van der Waals surface area contributed by atoms with E-state index in [1.165, 1.54) is 0 Å². The fourth-order valence-electron chi connectivity index (χ4n) is 1.67. The minimum absolute atomic E-state index is 0.0462. The molecule has 0 spiro atoms. The molecule has 1 aromatic carbocycles. The molecule has 1 aliphatic rings. The van der Waals surface area contributed by atoms with Crippen molar-refractivity contribution in [2.45, 2.75) is 45.1 Å². The number of nitrogens with one attached hydrogen (secondary N) is 1. The van der Waals surface area contributed by atoms with E-state index in [4.69, 9.17) is 24.6 Å². The van der Waals surface area contributed by atoms with Crippen molar-refractivity contribution in [2.24, 2.45) is 5.92 Å². The molecule has 124 valence electrons. The summed E-state index contributed by atoms with van der Waals surface area (Å²) in [5.74, 6) is 0.224. The predicted molar refractivity (Wildman–Crippen MR) is 88.3 cm³/mol. The molecule has 1 saturated carbocycles. The van der Waals surface area contributed by atoms with Gasteiger partial charge in [0, 0.05) is 31.4 Å². The maximum absolute atomic E-state index is 10.2. The van der Waals surface area contributed by atoms with Gasteiger partial charge in [0.05, 0.1) is 9.35 Å². The molecule has 2 rings (SSSR count). The molecule has 1 atom stereocenters. The van der Waals surface area contributed by atoms with E-state index in [0.717, 1.165) is 18.4 Å². The Morgan fingerprint density at radius 3 is 2.86 bits per heavy atom. The molecule has 0 heterocycles. The van der Waals surface area contributed by atoms with Crippen LogP contribution < -0.4 is 10.1 Å². The fraction of sp³-hybridized carbons (Fsp3) is 0.667. The highest BCUT2D eigenvalue weighted by Gasteiger charge is 2.20.